The summed E-state index contributed by atoms with van der Waals surface area (Å²) in [6.07, 6.45) is 3.16. The van der Waals surface area contributed by atoms with Gasteiger partial charge in [-0.3, -0.25) is 14.9 Å². The first-order valence-corrected chi connectivity index (χ1v) is 4.92. The Bertz CT molecular complexity index is 555. The Hall–Kier alpha value is -2.68. The van der Waals surface area contributed by atoms with Gasteiger partial charge in [0.1, 0.15) is 6.42 Å². The van der Waals surface area contributed by atoms with Gasteiger partial charge in [0.25, 0.3) is 0 Å². The number of rotatable bonds is 3. The lowest BCUT2D eigenvalue weighted by molar-refractivity contribution is -0.115. The van der Waals surface area contributed by atoms with Gasteiger partial charge >= 0.3 is 0 Å². The number of hydrogen-bond donors (Lipinski definition) is 2. The molecule has 0 aliphatic carbocycles. The molecule has 0 aliphatic rings. The maximum absolute atomic E-state index is 11.2. The zero-order valence-electron chi connectivity index (χ0n) is 8.84. The van der Waals surface area contributed by atoms with Crippen molar-refractivity contribution in [3.8, 4) is 17.3 Å². The number of hydrogen-bond acceptors (Lipinski definition) is 4. The highest BCUT2D eigenvalue weighted by molar-refractivity contribution is 5.91. The summed E-state index contributed by atoms with van der Waals surface area (Å²) < 4.78 is 0. The molecule has 0 saturated heterocycles. The number of anilines is 1. The maximum atomic E-state index is 11.2. The van der Waals surface area contributed by atoms with Crippen LogP contribution in [-0.2, 0) is 4.79 Å². The lowest BCUT2D eigenvalue weighted by Gasteiger charge is -1.95. The first-order chi connectivity index (χ1) is 8.29. The van der Waals surface area contributed by atoms with E-state index in [9.17, 15) is 4.79 Å². The van der Waals surface area contributed by atoms with E-state index in [1.807, 2.05) is 12.1 Å². The molecule has 2 rings (SSSR count). The molecule has 0 bridgehead atoms. The third-order valence-electron chi connectivity index (χ3n) is 2.08. The molecule has 0 aliphatic heterocycles. The fourth-order valence-electron chi connectivity index (χ4n) is 1.32. The van der Waals surface area contributed by atoms with Gasteiger partial charge in [0.2, 0.25) is 5.91 Å². The number of nitrogens with one attached hydrogen (secondary N) is 2. The maximum Gasteiger partial charge on any atom is 0.239 e. The third-order valence-corrected chi connectivity index (χ3v) is 2.08. The Labute approximate surface area is 97.3 Å². The number of carbonyl (C=O) groups is 1. The Morgan fingerprint density at radius 2 is 2.24 bits per heavy atom. The first kappa shape index (κ1) is 10.8. The van der Waals surface area contributed by atoms with Crippen molar-refractivity contribution < 1.29 is 4.79 Å². The van der Waals surface area contributed by atoms with Gasteiger partial charge in [-0.2, -0.15) is 10.4 Å². The SMILES string of the molecule is N#CCC(=O)Nc1cc(-c2ccncc2)[nH]n1. The van der Waals surface area contributed by atoms with Crippen LogP contribution in [0.15, 0.2) is 30.6 Å². The van der Waals surface area contributed by atoms with Crippen LogP contribution in [0.1, 0.15) is 6.42 Å². The predicted molar refractivity (Wildman–Crippen MR) is 60.7 cm³/mol. The van der Waals surface area contributed by atoms with Gasteiger partial charge in [0, 0.05) is 24.0 Å². The number of nitriles is 1. The topological polar surface area (TPSA) is 94.5 Å². The molecule has 0 unspecified atom stereocenters. The van der Waals surface area contributed by atoms with Crippen molar-refractivity contribution in [3.63, 3.8) is 0 Å². The average Bonchev–Trinajstić information content (AvgIpc) is 2.79. The second kappa shape index (κ2) is 4.90. The van der Waals surface area contributed by atoms with Gasteiger partial charge in [-0.25, -0.2) is 0 Å². The van der Waals surface area contributed by atoms with Gasteiger partial charge in [-0.1, -0.05) is 0 Å². The highest BCUT2D eigenvalue weighted by Crippen LogP contribution is 2.18. The van der Waals surface area contributed by atoms with Crippen LogP contribution in [0.5, 0.6) is 0 Å². The Morgan fingerprint density at radius 1 is 1.47 bits per heavy atom. The Kier molecular flexibility index (Phi) is 3.12. The highest BCUT2D eigenvalue weighted by Gasteiger charge is 2.06. The summed E-state index contributed by atoms with van der Waals surface area (Å²) in [5.74, 6) is 0.0253. The van der Waals surface area contributed by atoms with Crippen LogP contribution in [0.25, 0.3) is 11.3 Å². The van der Waals surface area contributed by atoms with E-state index in [0.29, 0.717) is 5.82 Å². The molecule has 6 heteroatoms. The van der Waals surface area contributed by atoms with E-state index in [0.717, 1.165) is 11.3 Å². The van der Waals surface area contributed by atoms with E-state index < -0.39 is 0 Å². The number of aromatic nitrogens is 3. The minimum atomic E-state index is -0.375. The summed E-state index contributed by atoms with van der Waals surface area (Å²) in [6, 6.07) is 7.12. The van der Waals surface area contributed by atoms with Crippen molar-refractivity contribution in [2.75, 3.05) is 5.32 Å². The van der Waals surface area contributed by atoms with Crippen LogP contribution in [0.3, 0.4) is 0 Å². The van der Waals surface area contributed by atoms with Gasteiger partial charge in [0.05, 0.1) is 11.8 Å². The zero-order chi connectivity index (χ0) is 12.1. The van der Waals surface area contributed by atoms with Crippen molar-refractivity contribution in [1.82, 2.24) is 15.2 Å². The van der Waals surface area contributed by atoms with Crippen LogP contribution in [0.2, 0.25) is 0 Å². The standard InChI is InChI=1S/C11H9N5O/c12-4-1-11(17)14-10-7-9(15-16-10)8-2-5-13-6-3-8/h2-3,5-7H,1H2,(H2,14,15,16,17). The second-order valence-corrected chi connectivity index (χ2v) is 3.29. The number of aromatic amines is 1. The number of amides is 1. The molecule has 6 nitrogen and oxygen atoms in total. The first-order valence-electron chi connectivity index (χ1n) is 4.92. The highest BCUT2D eigenvalue weighted by atomic mass is 16.1. The molecule has 2 heterocycles. The molecule has 84 valence electrons. The van der Waals surface area contributed by atoms with Crippen molar-refractivity contribution >= 4 is 11.7 Å². The predicted octanol–water partition coefficient (Wildman–Crippen LogP) is 1.32. The van der Waals surface area contributed by atoms with E-state index in [4.69, 9.17) is 5.26 Å². The van der Waals surface area contributed by atoms with Crippen LogP contribution in [-0.4, -0.2) is 21.1 Å². The Balaban J connectivity index is 2.12. The van der Waals surface area contributed by atoms with Crippen molar-refractivity contribution in [2.24, 2.45) is 0 Å². The molecular weight excluding hydrogens is 218 g/mol. The van der Waals surface area contributed by atoms with Crippen LogP contribution in [0.4, 0.5) is 5.82 Å². The molecule has 0 fully saturated rings. The number of nitrogens with zero attached hydrogens (tertiary/aromatic N) is 3. The smallest absolute Gasteiger partial charge is 0.239 e. The fourth-order valence-corrected chi connectivity index (χ4v) is 1.32. The molecule has 2 N–H and O–H groups in total. The van der Waals surface area contributed by atoms with Crippen LogP contribution in [0, 0.1) is 11.3 Å². The molecule has 2 aromatic rings. The van der Waals surface area contributed by atoms with Gasteiger partial charge in [0.15, 0.2) is 5.82 Å². The summed E-state index contributed by atoms with van der Waals surface area (Å²) in [6.45, 7) is 0. The van der Waals surface area contributed by atoms with Gasteiger partial charge in [-0.05, 0) is 12.1 Å². The van der Waals surface area contributed by atoms with Crippen LogP contribution < -0.4 is 5.32 Å². The normalized spacial score (nSPS) is 9.59. The zero-order valence-corrected chi connectivity index (χ0v) is 8.84. The van der Waals surface area contributed by atoms with Crippen molar-refractivity contribution in [3.05, 3.63) is 30.6 Å². The lowest BCUT2D eigenvalue weighted by Crippen LogP contribution is -2.10. The second-order valence-electron chi connectivity index (χ2n) is 3.29. The summed E-state index contributed by atoms with van der Waals surface area (Å²) in [4.78, 5) is 15.1. The molecule has 0 radical (unpaired) electrons. The molecule has 2 aromatic heterocycles. The van der Waals surface area contributed by atoms with E-state index in [2.05, 4.69) is 20.5 Å². The molecule has 0 spiro atoms. The monoisotopic (exact) mass is 227 g/mol. The summed E-state index contributed by atoms with van der Waals surface area (Å²) in [5, 5.41) is 17.6. The summed E-state index contributed by atoms with van der Waals surface area (Å²) in [5.41, 5.74) is 1.70. The van der Waals surface area contributed by atoms with Crippen molar-refractivity contribution in [1.29, 1.82) is 5.26 Å². The number of pyridine rings is 1. The average molecular weight is 227 g/mol. The Morgan fingerprint density at radius 3 is 2.94 bits per heavy atom. The molecular formula is C11H9N5O. The number of carbonyl (C=O) groups excluding carboxylic acids is 1. The van der Waals surface area contributed by atoms with Gasteiger partial charge < -0.3 is 5.32 Å². The van der Waals surface area contributed by atoms with E-state index >= 15 is 0 Å². The minimum Gasteiger partial charge on any atom is -0.308 e. The summed E-state index contributed by atoms with van der Waals surface area (Å²) in [7, 11) is 0. The molecule has 0 saturated carbocycles. The van der Waals surface area contributed by atoms with E-state index in [-0.39, 0.29) is 12.3 Å². The fraction of sp³-hybridized carbons (Fsp3) is 0.0909. The lowest BCUT2D eigenvalue weighted by atomic mass is 10.2. The summed E-state index contributed by atoms with van der Waals surface area (Å²) >= 11 is 0. The molecule has 0 atom stereocenters. The minimum absolute atomic E-state index is 0.183. The largest absolute Gasteiger partial charge is 0.308 e. The third kappa shape index (κ3) is 2.66. The van der Waals surface area contributed by atoms with Crippen LogP contribution >= 0.6 is 0 Å². The van der Waals surface area contributed by atoms with Crippen molar-refractivity contribution in [2.45, 2.75) is 6.42 Å². The van der Waals surface area contributed by atoms with Gasteiger partial charge in [-0.15, -0.1) is 0 Å². The van der Waals surface area contributed by atoms with E-state index in [1.165, 1.54) is 0 Å². The molecule has 17 heavy (non-hydrogen) atoms. The molecule has 1 amide bonds. The number of H-pyrrole nitrogens is 1. The van der Waals surface area contributed by atoms with E-state index in [1.54, 1.807) is 24.5 Å². The molecule has 0 aromatic carbocycles. The quantitative estimate of drug-likeness (QED) is 0.826.